The highest BCUT2D eigenvalue weighted by Gasteiger charge is 2.13. The van der Waals surface area contributed by atoms with Crippen LogP contribution in [0.15, 0.2) is 108 Å². The number of nitrogens with zero attached hydrogens (tertiary/aromatic N) is 1. The molecule has 0 saturated heterocycles. The molecule has 150 valence electrons. The van der Waals surface area contributed by atoms with Gasteiger partial charge in [0.15, 0.2) is 0 Å². The van der Waals surface area contributed by atoms with E-state index in [9.17, 15) is 0 Å². The highest BCUT2D eigenvalue weighted by atomic mass is 79.9. The van der Waals surface area contributed by atoms with Gasteiger partial charge >= 0.3 is 0 Å². The van der Waals surface area contributed by atoms with E-state index >= 15 is 0 Å². The Morgan fingerprint density at radius 3 is 2.32 bits per heavy atom. The summed E-state index contributed by atoms with van der Waals surface area (Å²) in [5, 5.41) is 2.30. The molecule has 0 aliphatic heterocycles. The predicted molar refractivity (Wildman–Crippen MR) is 132 cm³/mol. The molecule has 5 rings (SSSR count). The summed E-state index contributed by atoms with van der Waals surface area (Å²) in [6, 6.07) is 34.9. The minimum atomic E-state index is 0.787. The molecule has 0 saturated carbocycles. The topological polar surface area (TPSA) is 22.1 Å². The van der Waals surface area contributed by atoms with Crippen molar-refractivity contribution in [3.05, 3.63) is 113 Å². The molecule has 5 aromatic rings. The van der Waals surface area contributed by atoms with E-state index in [-0.39, 0.29) is 0 Å². The van der Waals surface area contributed by atoms with Gasteiger partial charge in [-0.3, -0.25) is 0 Å². The Labute approximate surface area is 190 Å². The molecule has 0 N–H and O–H groups in total. The van der Waals surface area contributed by atoms with Crippen molar-refractivity contribution < 1.29 is 4.74 Å². The highest BCUT2D eigenvalue weighted by molar-refractivity contribution is 9.10. The molecule has 0 amide bonds. The van der Waals surface area contributed by atoms with E-state index in [4.69, 9.17) is 9.72 Å². The molecule has 0 bridgehead atoms. The third-order valence-corrected chi connectivity index (χ3v) is 5.80. The quantitative estimate of drug-likeness (QED) is 0.265. The number of pyridine rings is 1. The minimum Gasteiger partial charge on any atom is -0.457 e. The van der Waals surface area contributed by atoms with Crippen molar-refractivity contribution in [2.75, 3.05) is 0 Å². The summed E-state index contributed by atoms with van der Waals surface area (Å²) in [5.41, 5.74) is 5.26. The second kappa shape index (κ2) is 8.37. The Kier molecular flexibility index (Phi) is 5.27. The van der Waals surface area contributed by atoms with Gasteiger partial charge in [-0.1, -0.05) is 82.7 Å². The van der Waals surface area contributed by atoms with Crippen LogP contribution in [0.3, 0.4) is 0 Å². The smallest absolute Gasteiger partial charge is 0.128 e. The molecule has 4 aromatic carbocycles. The van der Waals surface area contributed by atoms with Crippen LogP contribution in [0.2, 0.25) is 0 Å². The number of benzene rings is 4. The lowest BCUT2D eigenvalue weighted by Gasteiger charge is -2.14. The summed E-state index contributed by atoms with van der Waals surface area (Å²) in [4.78, 5) is 5.10. The van der Waals surface area contributed by atoms with Gasteiger partial charge in [0, 0.05) is 21.0 Å². The number of aromatic nitrogens is 1. The van der Waals surface area contributed by atoms with E-state index in [1.54, 1.807) is 0 Å². The highest BCUT2D eigenvalue weighted by Crippen LogP contribution is 2.35. The second-order valence-electron chi connectivity index (χ2n) is 7.48. The fraction of sp³-hybridized carbons (Fsp3) is 0.0357. The lowest BCUT2D eigenvalue weighted by Crippen LogP contribution is -1.94. The van der Waals surface area contributed by atoms with Gasteiger partial charge in [-0.15, -0.1) is 0 Å². The number of aryl methyl sites for hydroxylation is 1. The van der Waals surface area contributed by atoms with Crippen molar-refractivity contribution in [1.82, 2.24) is 4.98 Å². The number of rotatable bonds is 4. The van der Waals surface area contributed by atoms with Crippen LogP contribution >= 0.6 is 15.9 Å². The van der Waals surface area contributed by atoms with Gasteiger partial charge in [0.2, 0.25) is 0 Å². The summed E-state index contributed by atoms with van der Waals surface area (Å²) < 4.78 is 7.13. The number of ether oxygens (including phenoxy) is 1. The summed E-state index contributed by atoms with van der Waals surface area (Å²) in [6.45, 7) is 2.11. The minimum absolute atomic E-state index is 0.787. The van der Waals surface area contributed by atoms with Crippen molar-refractivity contribution in [3.63, 3.8) is 0 Å². The lowest BCUT2D eigenvalue weighted by molar-refractivity contribution is 0.482. The van der Waals surface area contributed by atoms with Gasteiger partial charge in [-0.25, -0.2) is 4.98 Å². The molecule has 0 unspecified atom stereocenters. The Morgan fingerprint density at radius 1 is 0.710 bits per heavy atom. The van der Waals surface area contributed by atoms with Gasteiger partial charge < -0.3 is 4.74 Å². The number of hydrogen-bond acceptors (Lipinski definition) is 2. The van der Waals surface area contributed by atoms with E-state index in [1.165, 1.54) is 5.39 Å². The summed E-state index contributed by atoms with van der Waals surface area (Å²) in [5.74, 6) is 1.58. The van der Waals surface area contributed by atoms with Gasteiger partial charge in [0.25, 0.3) is 0 Å². The Hall–Kier alpha value is -3.43. The first-order chi connectivity index (χ1) is 15.2. The predicted octanol–water partition coefficient (Wildman–Crippen LogP) is 8.43. The zero-order chi connectivity index (χ0) is 21.2. The lowest BCUT2D eigenvalue weighted by atomic mass is 9.98. The zero-order valence-corrected chi connectivity index (χ0v) is 18.6. The van der Waals surface area contributed by atoms with E-state index in [2.05, 4.69) is 77.5 Å². The van der Waals surface area contributed by atoms with E-state index < -0.39 is 0 Å². The van der Waals surface area contributed by atoms with Gasteiger partial charge in [-0.2, -0.15) is 0 Å². The number of hydrogen-bond donors (Lipinski definition) is 0. The van der Waals surface area contributed by atoms with Crippen molar-refractivity contribution in [1.29, 1.82) is 0 Å². The third-order valence-electron chi connectivity index (χ3n) is 5.31. The standard InChI is InChI=1S/C28H20BrNO/c1-19-14-15-24(31-23-12-7-11-22(29)17-23)18-26(19)28-25-13-6-5-10-21(25)16-27(30-28)20-8-3-2-4-9-20/h2-18H,1H3. The first-order valence-corrected chi connectivity index (χ1v) is 11.0. The molecule has 31 heavy (non-hydrogen) atoms. The molecule has 3 heteroatoms. The molecule has 0 aliphatic carbocycles. The van der Waals surface area contributed by atoms with Crippen molar-refractivity contribution in [2.24, 2.45) is 0 Å². The van der Waals surface area contributed by atoms with E-state index in [0.717, 1.165) is 49.4 Å². The Morgan fingerprint density at radius 2 is 1.48 bits per heavy atom. The van der Waals surface area contributed by atoms with Crippen LogP contribution in [0, 0.1) is 6.92 Å². The van der Waals surface area contributed by atoms with Crippen molar-refractivity contribution >= 4 is 26.7 Å². The van der Waals surface area contributed by atoms with Crippen LogP contribution in [-0.2, 0) is 0 Å². The molecular weight excluding hydrogens is 446 g/mol. The normalized spacial score (nSPS) is 10.9. The number of halogens is 1. The molecule has 1 aromatic heterocycles. The van der Waals surface area contributed by atoms with Gasteiger partial charge in [0.1, 0.15) is 11.5 Å². The molecule has 0 aliphatic rings. The molecule has 2 nitrogen and oxygen atoms in total. The maximum Gasteiger partial charge on any atom is 0.128 e. The molecule has 1 heterocycles. The fourth-order valence-electron chi connectivity index (χ4n) is 3.75. The average Bonchev–Trinajstić information content (AvgIpc) is 2.80. The Balaban J connectivity index is 1.66. The van der Waals surface area contributed by atoms with Crippen LogP contribution in [-0.4, -0.2) is 4.98 Å². The molecule has 0 spiro atoms. The van der Waals surface area contributed by atoms with Crippen molar-refractivity contribution in [2.45, 2.75) is 6.92 Å². The zero-order valence-electron chi connectivity index (χ0n) is 17.0. The number of fused-ring (bicyclic) bond motifs is 1. The average molecular weight is 466 g/mol. The van der Waals surface area contributed by atoms with Gasteiger partial charge in [0.05, 0.1) is 11.4 Å². The van der Waals surface area contributed by atoms with Crippen LogP contribution < -0.4 is 4.74 Å². The van der Waals surface area contributed by atoms with E-state index in [1.807, 2.05) is 48.5 Å². The third kappa shape index (κ3) is 4.10. The van der Waals surface area contributed by atoms with Gasteiger partial charge in [-0.05, 0) is 54.3 Å². The van der Waals surface area contributed by atoms with Crippen molar-refractivity contribution in [3.8, 4) is 34.0 Å². The summed E-state index contributed by atoms with van der Waals surface area (Å²) >= 11 is 3.51. The van der Waals surface area contributed by atoms with Crippen LogP contribution in [0.25, 0.3) is 33.3 Å². The van der Waals surface area contributed by atoms with Crippen LogP contribution in [0.1, 0.15) is 5.56 Å². The molecule has 0 radical (unpaired) electrons. The second-order valence-corrected chi connectivity index (χ2v) is 8.40. The first kappa shape index (κ1) is 19.5. The first-order valence-electron chi connectivity index (χ1n) is 10.2. The van der Waals surface area contributed by atoms with Crippen LogP contribution in [0.4, 0.5) is 0 Å². The fourth-order valence-corrected chi connectivity index (χ4v) is 4.13. The maximum absolute atomic E-state index is 6.15. The Bertz CT molecular complexity index is 1380. The SMILES string of the molecule is Cc1ccc(Oc2cccc(Br)c2)cc1-c1nc(-c2ccccc2)cc2ccccc12. The largest absolute Gasteiger partial charge is 0.457 e. The van der Waals surface area contributed by atoms with E-state index in [0.29, 0.717) is 0 Å². The molecule has 0 fully saturated rings. The summed E-state index contributed by atoms with van der Waals surface area (Å²) in [7, 11) is 0. The molecular formula is C28H20BrNO. The monoisotopic (exact) mass is 465 g/mol. The van der Waals surface area contributed by atoms with Crippen LogP contribution in [0.5, 0.6) is 11.5 Å². The maximum atomic E-state index is 6.15. The molecule has 0 atom stereocenters. The summed E-state index contributed by atoms with van der Waals surface area (Å²) in [6.07, 6.45) is 0.